The van der Waals surface area contributed by atoms with Crippen LogP contribution in [0.5, 0.6) is 11.5 Å². The van der Waals surface area contributed by atoms with E-state index in [1.165, 1.54) is 6.33 Å². The van der Waals surface area contributed by atoms with Gasteiger partial charge < -0.3 is 20.1 Å². The molecule has 29 heavy (non-hydrogen) atoms. The van der Waals surface area contributed by atoms with Crippen LogP contribution in [0.2, 0.25) is 0 Å². The van der Waals surface area contributed by atoms with Crippen molar-refractivity contribution < 1.29 is 9.47 Å². The van der Waals surface area contributed by atoms with Crippen LogP contribution in [-0.4, -0.2) is 35.2 Å². The number of pyridine rings is 1. The standard InChI is InChI=1S/C22H21N5O2/c1-28-17-7-9-18(10-8-17)29-13-12-23-20-14-21(26-15-25-20)27-19-6-2-4-16-5-3-11-24-22(16)19/h2-11,14-15H,12-13H2,1H3,(H2,23,25,26,27). The van der Waals surface area contributed by atoms with Crippen LogP contribution in [0.4, 0.5) is 17.3 Å². The number of methoxy groups -OCH3 is 1. The van der Waals surface area contributed by atoms with Crippen LogP contribution in [0.25, 0.3) is 10.9 Å². The molecule has 0 aliphatic heterocycles. The Morgan fingerprint density at radius 2 is 1.66 bits per heavy atom. The Bertz CT molecular complexity index is 1080. The molecule has 2 aromatic heterocycles. The zero-order valence-electron chi connectivity index (χ0n) is 16.0. The highest BCUT2D eigenvalue weighted by molar-refractivity contribution is 5.91. The monoisotopic (exact) mass is 387 g/mol. The van der Waals surface area contributed by atoms with E-state index in [2.05, 4.69) is 25.6 Å². The summed E-state index contributed by atoms with van der Waals surface area (Å²) in [5, 5.41) is 7.63. The Labute approximate surface area is 168 Å². The number of rotatable bonds is 8. The molecule has 0 unspecified atom stereocenters. The number of nitrogens with one attached hydrogen (secondary N) is 2. The van der Waals surface area contributed by atoms with Gasteiger partial charge in [-0.05, 0) is 36.4 Å². The zero-order valence-corrected chi connectivity index (χ0v) is 16.0. The van der Waals surface area contributed by atoms with Crippen molar-refractivity contribution in [3.8, 4) is 11.5 Å². The molecule has 2 aromatic carbocycles. The van der Waals surface area contributed by atoms with Crippen LogP contribution in [0.1, 0.15) is 0 Å². The van der Waals surface area contributed by atoms with Crippen molar-refractivity contribution in [1.82, 2.24) is 15.0 Å². The summed E-state index contributed by atoms with van der Waals surface area (Å²) in [7, 11) is 1.64. The molecule has 0 aliphatic carbocycles. The topological polar surface area (TPSA) is 81.2 Å². The first kappa shape index (κ1) is 18.5. The van der Waals surface area contributed by atoms with Crippen molar-refractivity contribution in [3.63, 3.8) is 0 Å². The molecule has 7 heteroatoms. The third-order valence-electron chi connectivity index (χ3n) is 4.30. The molecular formula is C22H21N5O2. The van der Waals surface area contributed by atoms with Crippen LogP contribution in [-0.2, 0) is 0 Å². The lowest BCUT2D eigenvalue weighted by atomic mass is 10.2. The molecule has 0 bridgehead atoms. The van der Waals surface area contributed by atoms with E-state index in [-0.39, 0.29) is 0 Å². The van der Waals surface area contributed by atoms with Crippen molar-refractivity contribution in [2.24, 2.45) is 0 Å². The maximum atomic E-state index is 5.72. The Morgan fingerprint density at radius 1 is 0.862 bits per heavy atom. The van der Waals surface area contributed by atoms with Gasteiger partial charge in [-0.3, -0.25) is 4.98 Å². The molecule has 0 saturated heterocycles. The van der Waals surface area contributed by atoms with Gasteiger partial charge in [-0.15, -0.1) is 0 Å². The van der Waals surface area contributed by atoms with E-state index in [0.29, 0.717) is 24.8 Å². The predicted octanol–water partition coefficient (Wildman–Crippen LogP) is 4.27. The summed E-state index contributed by atoms with van der Waals surface area (Å²) in [5.74, 6) is 3.00. The summed E-state index contributed by atoms with van der Waals surface area (Å²) in [4.78, 5) is 13.0. The van der Waals surface area contributed by atoms with E-state index < -0.39 is 0 Å². The molecule has 0 spiro atoms. The van der Waals surface area contributed by atoms with Crippen molar-refractivity contribution in [1.29, 1.82) is 0 Å². The molecule has 2 heterocycles. The third kappa shape index (κ3) is 4.70. The number of hydrogen-bond acceptors (Lipinski definition) is 7. The summed E-state index contributed by atoms with van der Waals surface area (Å²) in [6.07, 6.45) is 3.30. The van der Waals surface area contributed by atoms with E-state index in [4.69, 9.17) is 9.47 Å². The summed E-state index contributed by atoms with van der Waals surface area (Å²) in [6, 6.07) is 19.3. The van der Waals surface area contributed by atoms with Crippen molar-refractivity contribution in [3.05, 3.63) is 73.2 Å². The second-order valence-electron chi connectivity index (χ2n) is 6.24. The van der Waals surface area contributed by atoms with Crippen LogP contribution in [0.15, 0.2) is 73.2 Å². The number of para-hydroxylation sites is 1. The lowest BCUT2D eigenvalue weighted by molar-refractivity contribution is 0.331. The van der Waals surface area contributed by atoms with Crippen molar-refractivity contribution >= 4 is 28.2 Å². The maximum absolute atomic E-state index is 5.72. The smallest absolute Gasteiger partial charge is 0.135 e. The highest BCUT2D eigenvalue weighted by atomic mass is 16.5. The molecule has 146 valence electrons. The summed E-state index contributed by atoms with van der Waals surface area (Å²) < 4.78 is 10.9. The van der Waals surface area contributed by atoms with Crippen LogP contribution in [0, 0.1) is 0 Å². The number of anilines is 3. The molecule has 0 amide bonds. The fourth-order valence-electron chi connectivity index (χ4n) is 2.89. The van der Waals surface area contributed by atoms with Crippen LogP contribution in [0.3, 0.4) is 0 Å². The zero-order chi connectivity index (χ0) is 19.9. The fraction of sp³-hybridized carbons (Fsp3) is 0.136. The van der Waals surface area contributed by atoms with Crippen molar-refractivity contribution in [2.75, 3.05) is 30.9 Å². The fourth-order valence-corrected chi connectivity index (χ4v) is 2.89. The lowest BCUT2D eigenvalue weighted by Gasteiger charge is -2.11. The first-order valence-electron chi connectivity index (χ1n) is 9.25. The van der Waals surface area contributed by atoms with Gasteiger partial charge in [0.2, 0.25) is 0 Å². The number of hydrogen-bond donors (Lipinski definition) is 2. The second kappa shape index (κ2) is 8.88. The predicted molar refractivity (Wildman–Crippen MR) is 114 cm³/mol. The van der Waals surface area contributed by atoms with Gasteiger partial charge in [0.15, 0.2) is 0 Å². The summed E-state index contributed by atoms with van der Waals surface area (Å²) in [5.41, 5.74) is 1.80. The minimum Gasteiger partial charge on any atom is -0.497 e. The van der Waals surface area contributed by atoms with Gasteiger partial charge >= 0.3 is 0 Å². The van der Waals surface area contributed by atoms with Crippen LogP contribution >= 0.6 is 0 Å². The minimum absolute atomic E-state index is 0.506. The third-order valence-corrected chi connectivity index (χ3v) is 4.30. The van der Waals surface area contributed by atoms with Gasteiger partial charge in [0, 0.05) is 17.6 Å². The average molecular weight is 387 g/mol. The second-order valence-corrected chi connectivity index (χ2v) is 6.24. The number of fused-ring (bicyclic) bond motifs is 1. The average Bonchev–Trinajstić information content (AvgIpc) is 2.78. The highest BCUT2D eigenvalue weighted by Gasteiger charge is 2.04. The highest BCUT2D eigenvalue weighted by Crippen LogP contribution is 2.24. The molecule has 0 saturated carbocycles. The first-order chi connectivity index (χ1) is 14.3. The Balaban J connectivity index is 1.34. The molecule has 0 radical (unpaired) electrons. The quantitative estimate of drug-likeness (QED) is 0.437. The molecular weight excluding hydrogens is 366 g/mol. The van der Waals surface area contributed by atoms with Gasteiger partial charge in [0.1, 0.15) is 36.1 Å². The molecule has 4 rings (SSSR count). The van der Waals surface area contributed by atoms with Gasteiger partial charge in [-0.1, -0.05) is 18.2 Å². The van der Waals surface area contributed by atoms with Crippen molar-refractivity contribution in [2.45, 2.75) is 0 Å². The molecule has 7 nitrogen and oxygen atoms in total. The lowest BCUT2D eigenvalue weighted by Crippen LogP contribution is -2.12. The molecule has 4 aromatic rings. The molecule has 0 fully saturated rings. The summed E-state index contributed by atoms with van der Waals surface area (Å²) in [6.45, 7) is 1.12. The largest absolute Gasteiger partial charge is 0.497 e. The molecule has 2 N–H and O–H groups in total. The minimum atomic E-state index is 0.506. The SMILES string of the molecule is COc1ccc(OCCNc2cc(Nc3cccc4cccnc34)ncn2)cc1. The number of benzene rings is 2. The summed E-state index contributed by atoms with van der Waals surface area (Å²) >= 11 is 0. The molecule has 0 atom stereocenters. The van der Waals surface area contributed by atoms with E-state index >= 15 is 0 Å². The van der Waals surface area contributed by atoms with Gasteiger partial charge in [0.05, 0.1) is 24.9 Å². The van der Waals surface area contributed by atoms with Gasteiger partial charge in [-0.25, -0.2) is 9.97 Å². The number of nitrogens with zero attached hydrogens (tertiary/aromatic N) is 3. The van der Waals surface area contributed by atoms with Gasteiger partial charge in [-0.2, -0.15) is 0 Å². The Hall–Kier alpha value is -3.87. The Kier molecular flexibility index (Phi) is 5.66. The number of ether oxygens (including phenoxy) is 2. The van der Waals surface area contributed by atoms with E-state index in [1.54, 1.807) is 13.3 Å². The number of aromatic nitrogens is 3. The normalized spacial score (nSPS) is 10.5. The van der Waals surface area contributed by atoms with E-state index in [1.807, 2.05) is 60.7 Å². The van der Waals surface area contributed by atoms with Crippen LogP contribution < -0.4 is 20.1 Å². The Morgan fingerprint density at radius 3 is 2.52 bits per heavy atom. The van der Waals surface area contributed by atoms with Gasteiger partial charge in [0.25, 0.3) is 0 Å². The van der Waals surface area contributed by atoms with E-state index in [9.17, 15) is 0 Å². The molecule has 0 aliphatic rings. The van der Waals surface area contributed by atoms with E-state index in [0.717, 1.165) is 28.1 Å². The first-order valence-corrected chi connectivity index (χ1v) is 9.25. The maximum Gasteiger partial charge on any atom is 0.135 e.